The quantitative estimate of drug-likeness (QED) is 0.215. The maximum atomic E-state index is 15.1. The molecule has 3 aromatic heterocycles. The molecule has 2 aromatic carbocycles. The van der Waals surface area contributed by atoms with E-state index in [0.717, 1.165) is 36.7 Å². The molecule has 0 amide bonds. The van der Waals surface area contributed by atoms with Gasteiger partial charge in [-0.25, -0.2) is 8.78 Å². The first-order valence-electron chi connectivity index (χ1n) is 11.6. The predicted molar refractivity (Wildman–Crippen MR) is 150 cm³/mol. The summed E-state index contributed by atoms with van der Waals surface area (Å²) in [6.45, 7) is 6.17. The molecule has 0 atom stereocenters. The molecule has 37 heavy (non-hydrogen) atoms. The lowest BCUT2D eigenvalue weighted by Crippen LogP contribution is -1.91. The van der Waals surface area contributed by atoms with Crippen molar-refractivity contribution in [2.45, 2.75) is 27.3 Å². The molecule has 0 saturated heterocycles. The topological polar surface area (TPSA) is 52.5 Å². The molecule has 0 unspecified atom stereocenters. The summed E-state index contributed by atoms with van der Waals surface area (Å²) < 4.78 is 34.4. The number of thiophene rings is 2. The second-order valence-electron chi connectivity index (χ2n) is 8.75. The van der Waals surface area contributed by atoms with Gasteiger partial charge >= 0.3 is 0 Å². The highest BCUT2D eigenvalue weighted by Gasteiger charge is 2.20. The molecule has 0 aliphatic rings. The number of hydrogen-bond acceptors (Lipinski definition) is 4. The molecule has 0 bridgehead atoms. The molecule has 7 heteroatoms. The number of aryl methyl sites for hydroxylation is 1. The Morgan fingerprint density at radius 1 is 0.784 bits per heavy atom. The summed E-state index contributed by atoms with van der Waals surface area (Å²) in [6.07, 6.45) is 3.32. The van der Waals surface area contributed by atoms with Crippen molar-refractivity contribution >= 4 is 55.3 Å². The van der Waals surface area contributed by atoms with Crippen LogP contribution in [0.15, 0.2) is 59.7 Å². The molecule has 0 spiro atoms. The molecular weight excluding hydrogens is 504 g/mol. The highest BCUT2D eigenvalue weighted by molar-refractivity contribution is 7.30. The van der Waals surface area contributed by atoms with Gasteiger partial charge in [0.15, 0.2) is 0 Å². The number of rotatable bonds is 5. The van der Waals surface area contributed by atoms with Crippen LogP contribution in [-0.4, -0.2) is 4.57 Å². The largest absolute Gasteiger partial charge is 0.339 e. The number of aromatic nitrogens is 1. The van der Waals surface area contributed by atoms with Crippen LogP contribution in [0.4, 0.5) is 8.78 Å². The predicted octanol–water partition coefficient (Wildman–Crippen LogP) is 9.40. The second-order valence-corrected chi connectivity index (χ2v) is 10.9. The SMILES string of the molecule is CCn1c2cc(-c3ccc(C=C(C)C#N)cc3F)sc2c2sc(-c3ccc(C=C(C)C#N)cc3F)cc21. The summed E-state index contributed by atoms with van der Waals surface area (Å²) in [7, 11) is 0. The average Bonchev–Trinajstić information content (AvgIpc) is 3.55. The van der Waals surface area contributed by atoms with Crippen molar-refractivity contribution < 1.29 is 8.78 Å². The van der Waals surface area contributed by atoms with Gasteiger partial charge in [-0.15, -0.1) is 22.7 Å². The van der Waals surface area contributed by atoms with Gasteiger partial charge in [-0.1, -0.05) is 24.3 Å². The van der Waals surface area contributed by atoms with Crippen molar-refractivity contribution in [3.8, 4) is 33.0 Å². The van der Waals surface area contributed by atoms with E-state index in [1.807, 2.05) is 24.3 Å². The molecule has 182 valence electrons. The van der Waals surface area contributed by atoms with Crippen molar-refractivity contribution in [2.24, 2.45) is 0 Å². The fourth-order valence-corrected chi connectivity index (χ4v) is 6.96. The second kappa shape index (κ2) is 9.78. The van der Waals surface area contributed by atoms with Gasteiger partial charge in [-0.3, -0.25) is 0 Å². The third-order valence-electron chi connectivity index (χ3n) is 6.17. The number of allylic oxidation sites excluding steroid dienone is 2. The van der Waals surface area contributed by atoms with E-state index in [1.165, 1.54) is 34.8 Å². The van der Waals surface area contributed by atoms with E-state index in [4.69, 9.17) is 10.5 Å². The maximum absolute atomic E-state index is 15.1. The summed E-state index contributed by atoms with van der Waals surface area (Å²) in [4.78, 5) is 1.65. The van der Waals surface area contributed by atoms with Gasteiger partial charge in [0.05, 0.1) is 32.6 Å². The summed E-state index contributed by atoms with van der Waals surface area (Å²) in [5.41, 5.74) is 5.43. The van der Waals surface area contributed by atoms with Gasteiger partial charge in [0.25, 0.3) is 0 Å². The Balaban J connectivity index is 1.59. The van der Waals surface area contributed by atoms with Crippen LogP contribution >= 0.6 is 22.7 Å². The molecule has 0 saturated carbocycles. The fraction of sp³-hybridized carbons (Fsp3) is 0.133. The number of nitriles is 2. The van der Waals surface area contributed by atoms with Crippen LogP contribution in [0, 0.1) is 34.3 Å². The first-order valence-corrected chi connectivity index (χ1v) is 13.3. The van der Waals surface area contributed by atoms with Crippen LogP contribution in [-0.2, 0) is 6.54 Å². The van der Waals surface area contributed by atoms with E-state index >= 15 is 8.78 Å². The summed E-state index contributed by atoms with van der Waals surface area (Å²) in [5, 5.41) is 18.0. The smallest absolute Gasteiger partial charge is 0.132 e. The molecule has 0 radical (unpaired) electrons. The molecule has 5 aromatic rings. The Morgan fingerprint density at radius 3 is 1.57 bits per heavy atom. The lowest BCUT2D eigenvalue weighted by molar-refractivity contribution is 0.631. The highest BCUT2D eigenvalue weighted by Crippen LogP contribution is 2.46. The van der Waals surface area contributed by atoms with Crippen molar-refractivity contribution in [3.63, 3.8) is 0 Å². The van der Waals surface area contributed by atoms with E-state index in [1.54, 1.807) is 38.1 Å². The first kappa shape index (κ1) is 24.6. The Morgan fingerprint density at radius 2 is 1.22 bits per heavy atom. The van der Waals surface area contributed by atoms with Gasteiger partial charge in [-0.05, 0) is 68.3 Å². The van der Waals surface area contributed by atoms with E-state index in [9.17, 15) is 0 Å². The van der Waals surface area contributed by atoms with E-state index in [2.05, 4.69) is 23.6 Å². The molecule has 0 fully saturated rings. The minimum absolute atomic E-state index is 0.336. The van der Waals surface area contributed by atoms with Crippen LogP contribution in [0.3, 0.4) is 0 Å². The third-order valence-corrected chi connectivity index (χ3v) is 8.64. The molecule has 0 N–H and O–H groups in total. The zero-order chi connectivity index (χ0) is 26.3. The van der Waals surface area contributed by atoms with E-state index < -0.39 is 0 Å². The summed E-state index contributed by atoms with van der Waals surface area (Å²) in [5.74, 6) is -0.671. The minimum atomic E-state index is -0.336. The number of fused-ring (bicyclic) bond motifs is 3. The molecule has 0 aliphatic carbocycles. The molecule has 0 aliphatic heterocycles. The lowest BCUT2D eigenvalue weighted by atomic mass is 10.1. The van der Waals surface area contributed by atoms with Gasteiger partial charge in [0.2, 0.25) is 0 Å². The zero-order valence-corrected chi connectivity index (χ0v) is 22.0. The zero-order valence-electron chi connectivity index (χ0n) is 20.4. The van der Waals surface area contributed by atoms with Crippen LogP contribution in [0.25, 0.3) is 53.5 Å². The van der Waals surface area contributed by atoms with Gasteiger partial charge in [0.1, 0.15) is 11.6 Å². The van der Waals surface area contributed by atoms with Crippen LogP contribution < -0.4 is 0 Å². The lowest BCUT2D eigenvalue weighted by Gasteiger charge is -2.03. The minimum Gasteiger partial charge on any atom is -0.339 e. The van der Waals surface area contributed by atoms with E-state index in [0.29, 0.717) is 33.4 Å². The monoisotopic (exact) mass is 525 g/mol. The number of nitrogens with zero attached hydrogens (tertiary/aromatic N) is 3. The Bertz CT molecular complexity index is 1700. The Labute approximate surface area is 221 Å². The van der Waals surface area contributed by atoms with Gasteiger partial charge in [0, 0.05) is 38.6 Å². The van der Waals surface area contributed by atoms with Crippen molar-refractivity contribution in [1.82, 2.24) is 4.57 Å². The third kappa shape index (κ3) is 4.49. The molecular formula is C30H21F2N3S2. The molecule has 3 heterocycles. The summed E-state index contributed by atoms with van der Waals surface area (Å²) in [6, 6.07) is 18.2. The number of benzene rings is 2. The van der Waals surface area contributed by atoms with Crippen molar-refractivity contribution in [3.05, 3.63) is 82.4 Å². The van der Waals surface area contributed by atoms with Crippen molar-refractivity contribution in [1.29, 1.82) is 10.5 Å². The van der Waals surface area contributed by atoms with Crippen LogP contribution in [0.2, 0.25) is 0 Å². The summed E-state index contributed by atoms with van der Waals surface area (Å²) >= 11 is 3.06. The van der Waals surface area contributed by atoms with Crippen LogP contribution in [0.1, 0.15) is 31.9 Å². The van der Waals surface area contributed by atoms with E-state index in [-0.39, 0.29) is 11.6 Å². The Hall–Kier alpha value is -4.04. The van der Waals surface area contributed by atoms with Crippen LogP contribution in [0.5, 0.6) is 0 Å². The normalized spacial score (nSPS) is 12.3. The molecule has 3 nitrogen and oxygen atoms in total. The number of halogens is 2. The highest BCUT2D eigenvalue weighted by atomic mass is 32.1. The Kier molecular flexibility index (Phi) is 6.52. The fourth-order valence-electron chi connectivity index (χ4n) is 4.43. The van der Waals surface area contributed by atoms with Gasteiger partial charge in [-0.2, -0.15) is 10.5 Å². The maximum Gasteiger partial charge on any atom is 0.132 e. The first-order chi connectivity index (χ1) is 17.8. The average molecular weight is 526 g/mol. The number of hydrogen-bond donors (Lipinski definition) is 0. The van der Waals surface area contributed by atoms with Crippen molar-refractivity contribution in [2.75, 3.05) is 0 Å². The molecule has 5 rings (SSSR count). The van der Waals surface area contributed by atoms with Gasteiger partial charge < -0.3 is 4.57 Å². The standard InChI is InChI=1S/C30H21F2N3S2/c1-4-35-25-13-27(21-7-5-19(11-23(21)31)9-17(2)15-33)36-29(25)30-26(35)14-28(37-30)22-8-6-20(12-24(22)32)10-18(3)16-34/h5-14H,4H2,1-3H3.